The van der Waals surface area contributed by atoms with Crippen molar-refractivity contribution in [1.82, 2.24) is 9.97 Å². The molecule has 0 atom stereocenters. The molecule has 0 spiro atoms. The number of hydrogen-bond donors (Lipinski definition) is 0. The van der Waals surface area contributed by atoms with Gasteiger partial charge in [0.1, 0.15) is 0 Å². The number of fused-ring (bicyclic) bond motifs is 3. The largest absolute Gasteiger partial charge is 0.264 e. The van der Waals surface area contributed by atoms with Crippen molar-refractivity contribution in [3.63, 3.8) is 0 Å². The quantitative estimate of drug-likeness (QED) is 0.437. The summed E-state index contributed by atoms with van der Waals surface area (Å²) in [5, 5.41) is 6.40. The zero-order valence-corrected chi connectivity index (χ0v) is 12.0. The molecule has 0 radical (unpaired) electrons. The van der Waals surface area contributed by atoms with E-state index in [0.29, 0.717) is 0 Å². The van der Waals surface area contributed by atoms with Gasteiger partial charge in [0, 0.05) is 40.2 Å². The second-order valence-corrected chi connectivity index (χ2v) is 6.36. The molecule has 2 nitrogen and oxygen atoms in total. The number of aromatic nitrogens is 2. The van der Waals surface area contributed by atoms with Gasteiger partial charge in [-0.2, -0.15) is 0 Å². The van der Waals surface area contributed by atoms with Crippen LogP contribution in [0.15, 0.2) is 48.9 Å². The Bertz CT molecular complexity index is 977. The first-order chi connectivity index (χ1) is 10.2. The Morgan fingerprint density at radius 1 is 0.810 bits per heavy atom. The summed E-state index contributed by atoms with van der Waals surface area (Å²) in [5.74, 6) is 0. The van der Waals surface area contributed by atoms with E-state index in [4.69, 9.17) is 0 Å². The zero-order chi connectivity index (χ0) is 14.2. The molecule has 0 N–H and O–H groups in total. The molecule has 0 saturated heterocycles. The SMILES string of the molecule is CC1(C)c2cncc3c4cccnc4c4cccc1c4c23. The third-order valence-electron chi connectivity index (χ3n) is 4.96. The summed E-state index contributed by atoms with van der Waals surface area (Å²) in [5.41, 5.74) is 3.81. The summed E-state index contributed by atoms with van der Waals surface area (Å²) in [6, 6.07) is 10.8. The van der Waals surface area contributed by atoms with Crippen molar-refractivity contribution >= 4 is 32.4 Å². The monoisotopic (exact) mass is 270 g/mol. The molecular weight excluding hydrogens is 256 g/mol. The Kier molecular flexibility index (Phi) is 1.81. The number of hydrogen-bond acceptors (Lipinski definition) is 2. The molecule has 0 aliphatic heterocycles. The van der Waals surface area contributed by atoms with Crippen LogP contribution in [0.5, 0.6) is 0 Å². The Morgan fingerprint density at radius 2 is 1.62 bits per heavy atom. The van der Waals surface area contributed by atoms with E-state index in [-0.39, 0.29) is 5.41 Å². The van der Waals surface area contributed by atoms with Crippen LogP contribution >= 0.6 is 0 Å². The molecule has 1 aliphatic rings. The predicted octanol–water partition coefficient (Wildman–Crippen LogP) is 4.58. The molecule has 0 amide bonds. The molecule has 2 heterocycles. The minimum atomic E-state index is 0.00568. The van der Waals surface area contributed by atoms with Gasteiger partial charge in [0.2, 0.25) is 0 Å². The third kappa shape index (κ3) is 1.15. The highest BCUT2D eigenvalue weighted by molar-refractivity contribution is 6.27. The van der Waals surface area contributed by atoms with E-state index in [9.17, 15) is 0 Å². The molecular formula is C19H14N2. The molecule has 2 aromatic heterocycles. The summed E-state index contributed by atoms with van der Waals surface area (Å²) in [6.45, 7) is 4.58. The molecule has 1 aliphatic carbocycles. The van der Waals surface area contributed by atoms with Gasteiger partial charge in [-0.3, -0.25) is 9.97 Å². The van der Waals surface area contributed by atoms with Gasteiger partial charge < -0.3 is 0 Å². The van der Waals surface area contributed by atoms with Gasteiger partial charge in [0.15, 0.2) is 0 Å². The fourth-order valence-electron chi connectivity index (χ4n) is 3.93. The van der Waals surface area contributed by atoms with Crippen LogP contribution in [-0.4, -0.2) is 9.97 Å². The van der Waals surface area contributed by atoms with E-state index in [1.54, 1.807) is 0 Å². The van der Waals surface area contributed by atoms with Gasteiger partial charge in [-0.15, -0.1) is 0 Å². The predicted molar refractivity (Wildman–Crippen MR) is 86.7 cm³/mol. The van der Waals surface area contributed by atoms with Crippen LogP contribution in [0.3, 0.4) is 0 Å². The molecule has 0 bridgehead atoms. The topological polar surface area (TPSA) is 25.8 Å². The van der Waals surface area contributed by atoms with Crippen molar-refractivity contribution in [3.8, 4) is 0 Å². The van der Waals surface area contributed by atoms with E-state index in [1.165, 1.54) is 38.1 Å². The van der Waals surface area contributed by atoms with Crippen molar-refractivity contribution in [3.05, 3.63) is 60.0 Å². The van der Waals surface area contributed by atoms with Crippen molar-refractivity contribution in [1.29, 1.82) is 0 Å². The van der Waals surface area contributed by atoms with Gasteiger partial charge in [-0.05, 0) is 28.0 Å². The molecule has 0 saturated carbocycles. The highest BCUT2D eigenvalue weighted by Crippen LogP contribution is 2.50. The summed E-state index contributed by atoms with van der Waals surface area (Å²) >= 11 is 0. The van der Waals surface area contributed by atoms with Crippen molar-refractivity contribution in [2.45, 2.75) is 19.3 Å². The molecule has 21 heavy (non-hydrogen) atoms. The van der Waals surface area contributed by atoms with Gasteiger partial charge >= 0.3 is 0 Å². The van der Waals surface area contributed by atoms with Crippen LogP contribution < -0.4 is 0 Å². The zero-order valence-electron chi connectivity index (χ0n) is 12.0. The van der Waals surface area contributed by atoms with E-state index in [1.807, 2.05) is 24.7 Å². The average molecular weight is 270 g/mol. The summed E-state index contributed by atoms with van der Waals surface area (Å²) in [4.78, 5) is 9.15. The summed E-state index contributed by atoms with van der Waals surface area (Å²) in [6.07, 6.45) is 5.89. The average Bonchev–Trinajstić information content (AvgIpc) is 2.76. The number of pyridine rings is 2. The number of benzene rings is 2. The maximum Gasteiger partial charge on any atom is 0.0787 e. The van der Waals surface area contributed by atoms with Gasteiger partial charge in [-0.25, -0.2) is 0 Å². The lowest BCUT2D eigenvalue weighted by atomic mass is 9.82. The van der Waals surface area contributed by atoms with Crippen molar-refractivity contribution < 1.29 is 0 Å². The van der Waals surface area contributed by atoms with Crippen LogP contribution in [0, 0.1) is 0 Å². The molecule has 100 valence electrons. The molecule has 4 aromatic rings. The molecule has 2 heteroatoms. The molecule has 2 aromatic carbocycles. The fraction of sp³-hybridized carbons (Fsp3) is 0.158. The normalized spacial score (nSPS) is 15.5. The first-order valence-electron chi connectivity index (χ1n) is 7.27. The fourth-order valence-corrected chi connectivity index (χ4v) is 3.93. The minimum absolute atomic E-state index is 0.00568. The summed E-state index contributed by atoms with van der Waals surface area (Å²) in [7, 11) is 0. The van der Waals surface area contributed by atoms with E-state index >= 15 is 0 Å². The van der Waals surface area contributed by atoms with Crippen LogP contribution in [0.25, 0.3) is 32.4 Å². The Morgan fingerprint density at radius 3 is 2.52 bits per heavy atom. The second-order valence-electron chi connectivity index (χ2n) is 6.36. The Hall–Kier alpha value is -2.48. The second kappa shape index (κ2) is 3.40. The van der Waals surface area contributed by atoms with Crippen LogP contribution in [0.1, 0.15) is 25.0 Å². The van der Waals surface area contributed by atoms with Crippen LogP contribution in [0.4, 0.5) is 0 Å². The smallest absolute Gasteiger partial charge is 0.0787 e. The van der Waals surface area contributed by atoms with Crippen molar-refractivity contribution in [2.24, 2.45) is 0 Å². The Balaban J connectivity index is 2.26. The molecule has 0 fully saturated rings. The lowest BCUT2D eigenvalue weighted by Crippen LogP contribution is -2.15. The third-order valence-corrected chi connectivity index (χ3v) is 4.96. The minimum Gasteiger partial charge on any atom is -0.264 e. The van der Waals surface area contributed by atoms with Crippen LogP contribution in [-0.2, 0) is 5.41 Å². The maximum atomic E-state index is 4.64. The first kappa shape index (κ1) is 11.2. The standard InChI is InChI=1S/C19H14N2/c1-19(2)14-7-3-5-12-16(14)17-13(9-20-10-15(17)19)11-6-4-8-21-18(11)12/h3-10H,1-2H3. The van der Waals surface area contributed by atoms with E-state index < -0.39 is 0 Å². The highest BCUT2D eigenvalue weighted by Gasteiger charge is 2.34. The number of rotatable bonds is 0. The van der Waals surface area contributed by atoms with Crippen molar-refractivity contribution in [2.75, 3.05) is 0 Å². The Labute approximate surface area is 122 Å². The lowest BCUT2D eigenvalue weighted by molar-refractivity contribution is 0.660. The maximum absolute atomic E-state index is 4.64. The highest BCUT2D eigenvalue weighted by atomic mass is 14.7. The molecule has 0 unspecified atom stereocenters. The summed E-state index contributed by atoms with van der Waals surface area (Å²) < 4.78 is 0. The molecule has 5 rings (SSSR count). The van der Waals surface area contributed by atoms with Gasteiger partial charge in [0.25, 0.3) is 0 Å². The van der Waals surface area contributed by atoms with E-state index in [2.05, 4.69) is 48.1 Å². The van der Waals surface area contributed by atoms with E-state index in [0.717, 1.165) is 5.52 Å². The lowest BCUT2D eigenvalue weighted by Gasteiger charge is -2.21. The van der Waals surface area contributed by atoms with Gasteiger partial charge in [0.05, 0.1) is 5.52 Å². The van der Waals surface area contributed by atoms with Crippen LogP contribution in [0.2, 0.25) is 0 Å². The van der Waals surface area contributed by atoms with Gasteiger partial charge in [-0.1, -0.05) is 38.1 Å². The number of nitrogens with zero attached hydrogens (tertiary/aromatic N) is 2. The first-order valence-corrected chi connectivity index (χ1v) is 7.27.